The molecular weight excluding hydrogens is 492 g/mol. The molecule has 2 amide bonds. The van der Waals surface area contributed by atoms with E-state index in [4.69, 9.17) is 4.74 Å². The number of hydrogen-bond donors (Lipinski definition) is 2. The van der Waals surface area contributed by atoms with Gasteiger partial charge < -0.3 is 19.9 Å². The van der Waals surface area contributed by atoms with Gasteiger partial charge in [0, 0.05) is 32.2 Å². The van der Waals surface area contributed by atoms with E-state index in [1.54, 1.807) is 34.6 Å². The van der Waals surface area contributed by atoms with Crippen molar-refractivity contribution >= 4 is 27.4 Å². The molecule has 2 unspecified atom stereocenters. The molecule has 0 radical (unpaired) electrons. The molecule has 8 nitrogen and oxygen atoms in total. The van der Waals surface area contributed by atoms with Crippen molar-refractivity contribution in [2.24, 2.45) is 0 Å². The van der Waals surface area contributed by atoms with E-state index in [0.717, 1.165) is 0 Å². The van der Waals surface area contributed by atoms with Crippen LogP contribution in [0.4, 0.5) is 33.7 Å². The molecule has 1 aromatic rings. The summed E-state index contributed by atoms with van der Waals surface area (Å²) in [5.74, 6) is -6.61. The van der Waals surface area contributed by atoms with Gasteiger partial charge in [-0.25, -0.2) is 35.5 Å². The number of morpholine rings is 1. The third-order valence-electron chi connectivity index (χ3n) is 6.12. The Hall–Kier alpha value is -2.12. The van der Waals surface area contributed by atoms with E-state index < -0.39 is 73.7 Å². The summed E-state index contributed by atoms with van der Waals surface area (Å²) < 4.78 is 91.0. The molecule has 2 aliphatic rings. The van der Waals surface area contributed by atoms with Crippen LogP contribution in [0.25, 0.3) is 0 Å². The normalized spacial score (nSPS) is 22.4. The van der Waals surface area contributed by atoms with Crippen LogP contribution in [0.1, 0.15) is 47.5 Å². The van der Waals surface area contributed by atoms with Crippen LogP contribution in [-0.4, -0.2) is 68.5 Å². The molecule has 0 aromatic heterocycles. The smallest absolute Gasteiger partial charge is 0.322 e. The van der Waals surface area contributed by atoms with Crippen LogP contribution in [0.3, 0.4) is 0 Å². The van der Waals surface area contributed by atoms with Crippen molar-refractivity contribution in [3.05, 3.63) is 23.3 Å². The molecule has 1 aromatic carbocycles. The molecule has 0 spiro atoms. The average Bonchev–Trinajstić information content (AvgIpc) is 2.74. The average molecular weight is 525 g/mol. The van der Waals surface area contributed by atoms with Crippen molar-refractivity contribution in [2.45, 2.75) is 70.5 Å². The minimum absolute atomic E-state index is 0.0384. The molecule has 2 heterocycles. The molecule has 198 valence electrons. The molecular formula is C22H32F4N4O4S. The van der Waals surface area contributed by atoms with Crippen LogP contribution < -0.4 is 14.9 Å². The van der Waals surface area contributed by atoms with Gasteiger partial charge >= 0.3 is 6.03 Å². The third-order valence-corrected chi connectivity index (χ3v) is 8.37. The van der Waals surface area contributed by atoms with Gasteiger partial charge in [-0.15, -0.1) is 0 Å². The van der Waals surface area contributed by atoms with Gasteiger partial charge in [0.2, 0.25) is 10.0 Å². The molecule has 2 fully saturated rings. The predicted octanol–water partition coefficient (Wildman–Crippen LogP) is 3.57. The zero-order valence-electron chi connectivity index (χ0n) is 20.4. The quantitative estimate of drug-likeness (QED) is 0.464. The number of nitrogens with one attached hydrogen (secondary N) is 2. The number of piperidine rings is 1. The second kappa shape index (κ2) is 10.1. The molecule has 0 bridgehead atoms. The molecule has 2 saturated heterocycles. The molecule has 0 aliphatic carbocycles. The Labute approximate surface area is 203 Å². The number of ether oxygens (including phenoxy) is 1. The SMILES string of the molecule is CC1CN(c2c(F)c(F)c(NC(=O)N3CCC(NS(=O)(=O)C(C)(C)C)CC3)c(F)c2F)CC(C)O1. The first kappa shape index (κ1) is 27.5. The van der Waals surface area contributed by atoms with Crippen molar-refractivity contribution in [3.63, 3.8) is 0 Å². The highest BCUT2D eigenvalue weighted by molar-refractivity contribution is 7.90. The van der Waals surface area contributed by atoms with E-state index >= 15 is 0 Å². The minimum Gasteiger partial charge on any atom is -0.372 e. The molecule has 2 atom stereocenters. The number of nitrogens with zero attached hydrogens (tertiary/aromatic N) is 2. The number of halogens is 4. The van der Waals surface area contributed by atoms with Gasteiger partial charge in [0.15, 0.2) is 23.3 Å². The number of likely N-dealkylation sites (tertiary alicyclic amines) is 1. The molecule has 3 rings (SSSR count). The maximum Gasteiger partial charge on any atom is 0.322 e. The number of amides is 2. The van der Waals surface area contributed by atoms with Gasteiger partial charge in [-0.1, -0.05) is 0 Å². The summed E-state index contributed by atoms with van der Waals surface area (Å²) in [5, 5.41) is 1.94. The Balaban J connectivity index is 1.71. The largest absolute Gasteiger partial charge is 0.372 e. The van der Waals surface area contributed by atoms with Crippen LogP contribution in [0, 0.1) is 23.3 Å². The highest BCUT2D eigenvalue weighted by Crippen LogP contribution is 2.35. The minimum atomic E-state index is -3.59. The fraction of sp³-hybridized carbons (Fsp3) is 0.682. The molecule has 35 heavy (non-hydrogen) atoms. The van der Waals surface area contributed by atoms with Gasteiger partial charge in [0.1, 0.15) is 11.4 Å². The maximum atomic E-state index is 14.8. The summed E-state index contributed by atoms with van der Waals surface area (Å²) >= 11 is 0. The maximum absolute atomic E-state index is 14.8. The first-order valence-corrected chi connectivity index (χ1v) is 12.9. The second-order valence-corrected chi connectivity index (χ2v) is 12.5. The van der Waals surface area contributed by atoms with Gasteiger partial charge in [0.05, 0.1) is 17.0 Å². The zero-order chi connectivity index (χ0) is 26.3. The highest BCUT2D eigenvalue weighted by Gasteiger charge is 2.35. The number of benzene rings is 1. The number of hydrogen-bond acceptors (Lipinski definition) is 5. The summed E-state index contributed by atoms with van der Waals surface area (Å²) in [4.78, 5) is 15.0. The summed E-state index contributed by atoms with van der Waals surface area (Å²) in [7, 11) is -3.59. The molecule has 2 N–H and O–H groups in total. The van der Waals surface area contributed by atoms with Crippen LogP contribution >= 0.6 is 0 Å². The number of urea groups is 1. The fourth-order valence-electron chi connectivity index (χ4n) is 4.15. The number of carbonyl (C=O) groups is 1. The Morgan fingerprint density at radius 2 is 1.43 bits per heavy atom. The standard InChI is InChI=1S/C22H32F4N4O4S/c1-12-10-30(11-13(2)34-12)20-17(25)15(23)19(16(24)18(20)26)27-21(31)29-8-6-14(7-9-29)28-35(32,33)22(3,4)5/h12-14,28H,6-11H2,1-5H3,(H,27,31). The van der Waals surface area contributed by atoms with Crippen molar-refractivity contribution < 1.29 is 35.5 Å². The van der Waals surface area contributed by atoms with Crippen LogP contribution in [0.5, 0.6) is 0 Å². The van der Waals surface area contributed by atoms with E-state index in [0.29, 0.717) is 0 Å². The topological polar surface area (TPSA) is 91.0 Å². The lowest BCUT2D eigenvalue weighted by atomic mass is 10.1. The summed E-state index contributed by atoms with van der Waals surface area (Å²) in [6, 6.07) is -1.36. The zero-order valence-corrected chi connectivity index (χ0v) is 21.2. The summed E-state index contributed by atoms with van der Waals surface area (Å²) in [5.41, 5.74) is -2.05. The molecule has 2 aliphatic heterocycles. The number of carbonyl (C=O) groups excluding carboxylic acids is 1. The van der Waals surface area contributed by atoms with Gasteiger partial charge in [0.25, 0.3) is 0 Å². The molecule has 13 heteroatoms. The summed E-state index contributed by atoms with van der Waals surface area (Å²) in [6.45, 7) is 8.28. The van der Waals surface area contributed by atoms with E-state index in [1.165, 1.54) is 9.80 Å². The monoisotopic (exact) mass is 524 g/mol. The van der Waals surface area contributed by atoms with Gasteiger partial charge in [-0.2, -0.15) is 0 Å². The van der Waals surface area contributed by atoms with Gasteiger partial charge in [-0.3, -0.25) is 0 Å². The Kier molecular flexibility index (Phi) is 7.92. The van der Waals surface area contributed by atoms with Crippen LogP contribution in [0.2, 0.25) is 0 Å². The summed E-state index contributed by atoms with van der Waals surface area (Å²) in [6.07, 6.45) is -0.274. The lowest BCUT2D eigenvalue weighted by Crippen LogP contribution is -2.51. The van der Waals surface area contributed by atoms with Crippen molar-refractivity contribution in [1.29, 1.82) is 0 Å². The van der Waals surface area contributed by atoms with Crippen LogP contribution in [0.15, 0.2) is 0 Å². The number of anilines is 2. The Bertz CT molecular complexity index is 1030. The van der Waals surface area contributed by atoms with E-state index in [9.17, 15) is 30.8 Å². The number of rotatable bonds is 4. The lowest BCUT2D eigenvalue weighted by Gasteiger charge is -2.37. The Morgan fingerprint density at radius 3 is 1.89 bits per heavy atom. The van der Waals surface area contributed by atoms with Crippen molar-refractivity contribution in [2.75, 3.05) is 36.4 Å². The van der Waals surface area contributed by atoms with Gasteiger partial charge in [-0.05, 0) is 47.5 Å². The lowest BCUT2D eigenvalue weighted by molar-refractivity contribution is -0.00565. The highest BCUT2D eigenvalue weighted by atomic mass is 32.2. The predicted molar refractivity (Wildman–Crippen MR) is 124 cm³/mol. The number of sulfonamides is 1. The van der Waals surface area contributed by atoms with Crippen LogP contribution in [-0.2, 0) is 14.8 Å². The van der Waals surface area contributed by atoms with Crippen molar-refractivity contribution in [1.82, 2.24) is 9.62 Å². The van der Waals surface area contributed by atoms with E-state index in [2.05, 4.69) is 4.72 Å². The molecule has 0 saturated carbocycles. The van der Waals surface area contributed by atoms with E-state index in [1.807, 2.05) is 5.32 Å². The first-order chi connectivity index (χ1) is 16.1. The Morgan fingerprint density at radius 1 is 0.943 bits per heavy atom. The van der Waals surface area contributed by atoms with Crippen molar-refractivity contribution in [3.8, 4) is 0 Å². The fourth-order valence-corrected chi connectivity index (χ4v) is 5.18. The first-order valence-electron chi connectivity index (χ1n) is 11.5. The van der Waals surface area contributed by atoms with E-state index in [-0.39, 0.29) is 39.0 Å². The second-order valence-electron chi connectivity index (χ2n) is 10.1. The third kappa shape index (κ3) is 5.83.